The van der Waals surface area contributed by atoms with Crippen LogP contribution < -0.4 is 4.90 Å². The standard InChI is InChI=1S/C23H28F2N2O/c1-2-22(28)27(21-13-7-4-8-14-21)17-19-10-9-15-26(16-19)18-23(24,25)20-11-5-3-6-12-20/h3-8,11-14,19H,2,9-10,15-18H2,1H3/t19-/m1/s1. The number of rotatable bonds is 7. The molecule has 1 heterocycles. The molecule has 1 amide bonds. The number of halogens is 2. The molecule has 1 aliphatic heterocycles. The average Bonchev–Trinajstić information content (AvgIpc) is 2.73. The van der Waals surface area contributed by atoms with Crippen molar-refractivity contribution in [3.8, 4) is 0 Å². The molecule has 3 nitrogen and oxygen atoms in total. The molecule has 0 spiro atoms. The van der Waals surface area contributed by atoms with Gasteiger partial charge in [-0.25, -0.2) is 0 Å². The molecule has 2 aromatic carbocycles. The van der Waals surface area contributed by atoms with E-state index in [1.807, 2.05) is 47.1 Å². The van der Waals surface area contributed by atoms with Crippen LogP contribution in [0.3, 0.4) is 0 Å². The molecule has 1 aliphatic rings. The summed E-state index contributed by atoms with van der Waals surface area (Å²) in [5.41, 5.74) is 0.935. The van der Waals surface area contributed by atoms with E-state index in [1.165, 1.54) is 12.1 Å². The van der Waals surface area contributed by atoms with Crippen LogP contribution in [0.4, 0.5) is 14.5 Å². The molecular formula is C23H28F2N2O. The summed E-state index contributed by atoms with van der Waals surface area (Å²) in [5.74, 6) is -2.62. The lowest BCUT2D eigenvalue weighted by Crippen LogP contribution is -2.46. The molecule has 150 valence electrons. The number of anilines is 1. The summed E-state index contributed by atoms with van der Waals surface area (Å²) in [6, 6.07) is 17.6. The molecule has 3 rings (SSSR count). The van der Waals surface area contributed by atoms with E-state index in [0.29, 0.717) is 26.1 Å². The van der Waals surface area contributed by atoms with E-state index in [9.17, 15) is 13.6 Å². The van der Waals surface area contributed by atoms with Crippen molar-refractivity contribution in [1.29, 1.82) is 0 Å². The van der Waals surface area contributed by atoms with Gasteiger partial charge in [0.2, 0.25) is 5.91 Å². The first-order valence-corrected chi connectivity index (χ1v) is 10.0. The van der Waals surface area contributed by atoms with E-state index in [4.69, 9.17) is 0 Å². The topological polar surface area (TPSA) is 23.6 Å². The van der Waals surface area contributed by atoms with Crippen LogP contribution in [0.15, 0.2) is 60.7 Å². The van der Waals surface area contributed by atoms with Crippen molar-refractivity contribution in [3.05, 3.63) is 66.2 Å². The monoisotopic (exact) mass is 386 g/mol. The number of amides is 1. The minimum atomic E-state index is -2.87. The number of likely N-dealkylation sites (tertiary alicyclic amines) is 1. The zero-order valence-corrected chi connectivity index (χ0v) is 16.4. The number of para-hydroxylation sites is 1. The highest BCUT2D eigenvalue weighted by atomic mass is 19.3. The van der Waals surface area contributed by atoms with Crippen molar-refractivity contribution in [2.24, 2.45) is 5.92 Å². The van der Waals surface area contributed by atoms with E-state index in [-0.39, 0.29) is 23.9 Å². The van der Waals surface area contributed by atoms with Gasteiger partial charge in [0.25, 0.3) is 5.92 Å². The minimum Gasteiger partial charge on any atom is -0.312 e. The van der Waals surface area contributed by atoms with Crippen LogP contribution in [0.5, 0.6) is 0 Å². The van der Waals surface area contributed by atoms with Crippen molar-refractivity contribution in [2.45, 2.75) is 32.1 Å². The van der Waals surface area contributed by atoms with E-state index in [0.717, 1.165) is 18.5 Å². The fraction of sp³-hybridized carbons (Fsp3) is 0.435. The number of alkyl halides is 2. The minimum absolute atomic E-state index is 0.0594. The zero-order chi connectivity index (χ0) is 20.0. The number of nitrogens with zero attached hydrogens (tertiary/aromatic N) is 2. The summed E-state index contributed by atoms with van der Waals surface area (Å²) in [6.45, 7) is 3.41. The lowest BCUT2D eigenvalue weighted by Gasteiger charge is -2.37. The SMILES string of the molecule is CCC(=O)N(C[C@@H]1CCCN(CC(F)(F)c2ccccc2)C1)c1ccccc1. The molecule has 0 aromatic heterocycles. The van der Waals surface area contributed by atoms with Crippen LogP contribution in [0.2, 0.25) is 0 Å². The van der Waals surface area contributed by atoms with Gasteiger partial charge in [0.15, 0.2) is 0 Å². The highest BCUT2D eigenvalue weighted by molar-refractivity contribution is 5.93. The van der Waals surface area contributed by atoms with Gasteiger partial charge in [-0.3, -0.25) is 9.69 Å². The molecule has 28 heavy (non-hydrogen) atoms. The maximum absolute atomic E-state index is 14.7. The van der Waals surface area contributed by atoms with Gasteiger partial charge in [0.05, 0.1) is 6.54 Å². The second kappa shape index (κ2) is 9.28. The Bertz CT molecular complexity index is 752. The molecule has 1 fully saturated rings. The Kier molecular flexibility index (Phi) is 6.79. The Labute approximate surface area is 166 Å². The summed E-state index contributed by atoms with van der Waals surface area (Å²) in [7, 11) is 0. The lowest BCUT2D eigenvalue weighted by atomic mass is 9.96. The number of carbonyl (C=O) groups is 1. The summed E-state index contributed by atoms with van der Waals surface area (Å²) in [4.78, 5) is 16.1. The van der Waals surface area contributed by atoms with Gasteiger partial charge >= 0.3 is 0 Å². The molecule has 1 atom stereocenters. The second-order valence-corrected chi connectivity index (χ2v) is 7.51. The molecule has 0 saturated carbocycles. The number of hydrogen-bond acceptors (Lipinski definition) is 2. The van der Waals surface area contributed by atoms with Crippen molar-refractivity contribution < 1.29 is 13.6 Å². The van der Waals surface area contributed by atoms with Gasteiger partial charge in [0.1, 0.15) is 0 Å². The summed E-state index contributed by atoms with van der Waals surface area (Å²) >= 11 is 0. The number of carbonyl (C=O) groups excluding carboxylic acids is 1. The van der Waals surface area contributed by atoms with Crippen molar-refractivity contribution >= 4 is 11.6 Å². The molecule has 0 radical (unpaired) electrons. The van der Waals surface area contributed by atoms with Crippen LogP contribution in [-0.2, 0) is 10.7 Å². The van der Waals surface area contributed by atoms with E-state index in [2.05, 4.69) is 0 Å². The summed E-state index contributed by atoms with van der Waals surface area (Å²) in [6.07, 6.45) is 2.25. The average molecular weight is 386 g/mol. The Hall–Kier alpha value is -2.27. The Balaban J connectivity index is 1.66. The molecule has 0 aliphatic carbocycles. The van der Waals surface area contributed by atoms with Crippen molar-refractivity contribution in [1.82, 2.24) is 4.90 Å². The number of hydrogen-bond donors (Lipinski definition) is 0. The fourth-order valence-corrected chi connectivity index (χ4v) is 3.91. The zero-order valence-electron chi connectivity index (χ0n) is 16.4. The van der Waals surface area contributed by atoms with Gasteiger partial charge in [0, 0.05) is 30.8 Å². The van der Waals surface area contributed by atoms with Crippen LogP contribution >= 0.6 is 0 Å². The Morgan fingerprint density at radius 1 is 1.11 bits per heavy atom. The van der Waals surface area contributed by atoms with Crippen LogP contribution in [-0.4, -0.2) is 37.0 Å². The van der Waals surface area contributed by atoms with Gasteiger partial charge < -0.3 is 4.90 Å². The van der Waals surface area contributed by atoms with Gasteiger partial charge in [-0.05, 0) is 37.4 Å². The van der Waals surface area contributed by atoms with Crippen LogP contribution in [0.1, 0.15) is 31.7 Å². The third-order valence-electron chi connectivity index (χ3n) is 5.33. The summed E-state index contributed by atoms with van der Waals surface area (Å²) < 4.78 is 29.3. The molecule has 0 unspecified atom stereocenters. The first-order valence-electron chi connectivity index (χ1n) is 10.0. The molecule has 0 N–H and O–H groups in total. The van der Waals surface area contributed by atoms with Gasteiger partial charge in [-0.1, -0.05) is 55.5 Å². The second-order valence-electron chi connectivity index (χ2n) is 7.51. The van der Waals surface area contributed by atoms with E-state index >= 15 is 0 Å². The largest absolute Gasteiger partial charge is 0.312 e. The van der Waals surface area contributed by atoms with E-state index in [1.54, 1.807) is 18.2 Å². The number of piperidine rings is 1. The van der Waals surface area contributed by atoms with Gasteiger partial charge in [-0.2, -0.15) is 8.78 Å². The highest BCUT2D eigenvalue weighted by Crippen LogP contribution is 2.31. The molecule has 1 saturated heterocycles. The van der Waals surface area contributed by atoms with E-state index < -0.39 is 5.92 Å². The van der Waals surface area contributed by atoms with Crippen LogP contribution in [0, 0.1) is 5.92 Å². The molecular weight excluding hydrogens is 358 g/mol. The predicted molar refractivity (Wildman–Crippen MR) is 109 cm³/mol. The van der Waals surface area contributed by atoms with Crippen LogP contribution in [0.25, 0.3) is 0 Å². The maximum atomic E-state index is 14.7. The fourth-order valence-electron chi connectivity index (χ4n) is 3.91. The number of benzene rings is 2. The van der Waals surface area contributed by atoms with Gasteiger partial charge in [-0.15, -0.1) is 0 Å². The quantitative estimate of drug-likeness (QED) is 0.673. The highest BCUT2D eigenvalue weighted by Gasteiger charge is 2.35. The molecule has 2 aromatic rings. The third-order valence-corrected chi connectivity index (χ3v) is 5.33. The predicted octanol–water partition coefficient (Wildman–Crippen LogP) is 4.93. The maximum Gasteiger partial charge on any atom is 0.285 e. The Morgan fingerprint density at radius 3 is 2.39 bits per heavy atom. The first-order chi connectivity index (χ1) is 13.5. The van der Waals surface area contributed by atoms with Crippen molar-refractivity contribution in [2.75, 3.05) is 31.1 Å². The smallest absolute Gasteiger partial charge is 0.285 e. The molecule has 0 bridgehead atoms. The normalized spacial score (nSPS) is 18.0. The molecule has 5 heteroatoms. The lowest BCUT2D eigenvalue weighted by molar-refractivity contribution is -0.118. The summed E-state index contributed by atoms with van der Waals surface area (Å²) in [5, 5.41) is 0. The van der Waals surface area contributed by atoms with Crippen molar-refractivity contribution in [3.63, 3.8) is 0 Å². The Morgan fingerprint density at radius 2 is 1.75 bits per heavy atom. The third kappa shape index (κ3) is 5.16. The first kappa shape index (κ1) is 20.5.